The highest BCUT2D eigenvalue weighted by molar-refractivity contribution is 5.45. The van der Waals surface area contributed by atoms with E-state index in [0.717, 1.165) is 6.07 Å². The van der Waals surface area contributed by atoms with Crippen LogP contribution in [0.3, 0.4) is 0 Å². The van der Waals surface area contributed by atoms with Crippen LogP contribution in [0.5, 0.6) is 0 Å². The highest BCUT2D eigenvalue weighted by Gasteiger charge is 2.22. The van der Waals surface area contributed by atoms with Crippen molar-refractivity contribution >= 4 is 5.69 Å². The van der Waals surface area contributed by atoms with Crippen LogP contribution in [-0.4, -0.2) is 4.92 Å². The molecule has 0 aliphatic heterocycles. The van der Waals surface area contributed by atoms with E-state index in [9.17, 15) is 14.5 Å². The quantitative estimate of drug-likeness (QED) is 0.536. The summed E-state index contributed by atoms with van der Waals surface area (Å²) in [6.45, 7) is 1.42. The third-order valence-electron chi connectivity index (χ3n) is 1.85. The van der Waals surface area contributed by atoms with Gasteiger partial charge >= 0.3 is 0 Å². The SMILES string of the molecule is CC(C#N)c1c(F)cccc1[N+](=O)[O-]. The average molecular weight is 194 g/mol. The number of rotatable bonds is 2. The molecule has 1 unspecified atom stereocenters. The van der Waals surface area contributed by atoms with Gasteiger partial charge in [-0.05, 0) is 13.0 Å². The van der Waals surface area contributed by atoms with Crippen LogP contribution in [0.25, 0.3) is 0 Å². The van der Waals surface area contributed by atoms with Crippen molar-refractivity contribution in [1.82, 2.24) is 0 Å². The van der Waals surface area contributed by atoms with Gasteiger partial charge in [-0.15, -0.1) is 0 Å². The number of hydrogen-bond acceptors (Lipinski definition) is 3. The van der Waals surface area contributed by atoms with Crippen LogP contribution < -0.4 is 0 Å². The van der Waals surface area contributed by atoms with Crippen LogP contribution in [0.2, 0.25) is 0 Å². The Labute approximate surface area is 79.7 Å². The fourth-order valence-corrected chi connectivity index (χ4v) is 1.18. The summed E-state index contributed by atoms with van der Waals surface area (Å²) in [6, 6.07) is 5.32. The van der Waals surface area contributed by atoms with Gasteiger partial charge in [-0.25, -0.2) is 4.39 Å². The molecule has 0 aromatic heterocycles. The zero-order valence-corrected chi connectivity index (χ0v) is 7.40. The average Bonchev–Trinajstić information content (AvgIpc) is 2.16. The van der Waals surface area contributed by atoms with Crippen molar-refractivity contribution < 1.29 is 9.31 Å². The number of halogens is 1. The molecule has 0 saturated heterocycles. The number of nitriles is 1. The lowest BCUT2D eigenvalue weighted by Crippen LogP contribution is -2.01. The van der Waals surface area contributed by atoms with Gasteiger partial charge in [0.15, 0.2) is 0 Å². The van der Waals surface area contributed by atoms with Gasteiger partial charge in [0.25, 0.3) is 5.69 Å². The molecule has 72 valence electrons. The highest BCUT2D eigenvalue weighted by atomic mass is 19.1. The van der Waals surface area contributed by atoms with Crippen molar-refractivity contribution in [3.05, 3.63) is 39.7 Å². The van der Waals surface area contributed by atoms with Crippen molar-refractivity contribution in [2.75, 3.05) is 0 Å². The maximum atomic E-state index is 13.2. The Bertz CT molecular complexity index is 412. The number of hydrogen-bond donors (Lipinski definition) is 0. The molecule has 0 aliphatic rings. The Morgan fingerprint density at radius 1 is 1.64 bits per heavy atom. The molecule has 0 aliphatic carbocycles. The number of benzene rings is 1. The summed E-state index contributed by atoms with van der Waals surface area (Å²) < 4.78 is 13.2. The normalized spacial score (nSPS) is 11.8. The molecular formula is C9H7FN2O2. The lowest BCUT2D eigenvalue weighted by molar-refractivity contribution is -0.385. The fraction of sp³-hybridized carbons (Fsp3) is 0.222. The van der Waals surface area contributed by atoms with Crippen LogP contribution in [0, 0.1) is 27.3 Å². The molecule has 1 rings (SSSR count). The minimum absolute atomic E-state index is 0.153. The topological polar surface area (TPSA) is 66.9 Å². The van der Waals surface area contributed by atoms with Gasteiger partial charge in [0.2, 0.25) is 0 Å². The zero-order valence-electron chi connectivity index (χ0n) is 7.40. The predicted molar refractivity (Wildman–Crippen MR) is 47.1 cm³/mol. The Morgan fingerprint density at radius 3 is 2.79 bits per heavy atom. The second-order valence-electron chi connectivity index (χ2n) is 2.78. The minimum atomic E-state index is -0.823. The van der Waals surface area contributed by atoms with E-state index >= 15 is 0 Å². The Balaban J connectivity index is 3.38. The van der Waals surface area contributed by atoms with Crippen LogP contribution in [-0.2, 0) is 0 Å². The molecule has 1 atom stereocenters. The highest BCUT2D eigenvalue weighted by Crippen LogP contribution is 2.28. The number of nitro groups is 1. The molecule has 1 aromatic carbocycles. The second kappa shape index (κ2) is 3.83. The van der Waals surface area contributed by atoms with Gasteiger partial charge in [0.05, 0.1) is 22.5 Å². The molecule has 0 amide bonds. The van der Waals surface area contributed by atoms with E-state index in [0.29, 0.717) is 0 Å². The lowest BCUT2D eigenvalue weighted by Gasteiger charge is -2.04. The van der Waals surface area contributed by atoms with Gasteiger partial charge in [-0.1, -0.05) is 6.07 Å². The van der Waals surface area contributed by atoms with E-state index < -0.39 is 16.7 Å². The van der Waals surface area contributed by atoms with Gasteiger partial charge in [0.1, 0.15) is 5.82 Å². The first-order valence-electron chi connectivity index (χ1n) is 3.90. The third-order valence-corrected chi connectivity index (χ3v) is 1.85. The summed E-state index contributed by atoms with van der Waals surface area (Å²) in [5, 5.41) is 19.1. The van der Waals surface area contributed by atoms with Crippen molar-refractivity contribution in [3.8, 4) is 6.07 Å². The summed E-state index contributed by atoms with van der Waals surface area (Å²) in [5.41, 5.74) is -0.501. The van der Waals surface area contributed by atoms with Crippen LogP contribution in [0.1, 0.15) is 18.4 Å². The molecule has 0 N–H and O–H groups in total. The number of nitro benzene ring substituents is 1. The molecule has 5 heteroatoms. The fourth-order valence-electron chi connectivity index (χ4n) is 1.18. The molecule has 0 bridgehead atoms. The van der Waals surface area contributed by atoms with E-state index in [1.165, 1.54) is 19.1 Å². The van der Waals surface area contributed by atoms with E-state index in [1.807, 2.05) is 0 Å². The first-order chi connectivity index (χ1) is 6.57. The van der Waals surface area contributed by atoms with E-state index in [4.69, 9.17) is 5.26 Å². The molecule has 0 heterocycles. The summed E-state index contributed by atoms with van der Waals surface area (Å²) in [7, 11) is 0. The molecule has 0 spiro atoms. The van der Waals surface area contributed by atoms with Crippen molar-refractivity contribution in [2.24, 2.45) is 0 Å². The maximum Gasteiger partial charge on any atom is 0.276 e. The van der Waals surface area contributed by atoms with Crippen molar-refractivity contribution in [1.29, 1.82) is 5.26 Å². The lowest BCUT2D eigenvalue weighted by atomic mass is 10.0. The number of nitrogens with zero attached hydrogens (tertiary/aromatic N) is 2. The van der Waals surface area contributed by atoms with Gasteiger partial charge in [0, 0.05) is 6.07 Å². The van der Waals surface area contributed by atoms with Crippen LogP contribution in [0.4, 0.5) is 10.1 Å². The largest absolute Gasteiger partial charge is 0.276 e. The first kappa shape index (κ1) is 10.1. The van der Waals surface area contributed by atoms with Crippen LogP contribution >= 0.6 is 0 Å². The smallest absolute Gasteiger partial charge is 0.258 e. The van der Waals surface area contributed by atoms with Crippen molar-refractivity contribution in [3.63, 3.8) is 0 Å². The van der Waals surface area contributed by atoms with Gasteiger partial charge < -0.3 is 0 Å². The van der Waals surface area contributed by atoms with Crippen molar-refractivity contribution in [2.45, 2.75) is 12.8 Å². The summed E-state index contributed by atoms with van der Waals surface area (Å²) in [4.78, 5) is 9.84. The monoisotopic (exact) mass is 194 g/mol. The minimum Gasteiger partial charge on any atom is -0.258 e. The second-order valence-corrected chi connectivity index (χ2v) is 2.78. The molecule has 4 nitrogen and oxygen atoms in total. The molecule has 1 aromatic rings. The van der Waals surface area contributed by atoms with Gasteiger partial charge in [-0.3, -0.25) is 10.1 Å². The molecular weight excluding hydrogens is 187 g/mol. The van der Waals surface area contributed by atoms with Gasteiger partial charge in [-0.2, -0.15) is 5.26 Å². The standard InChI is InChI=1S/C9H7FN2O2/c1-6(5-11)9-7(10)3-2-4-8(9)12(13)14/h2-4,6H,1H3. The summed E-state index contributed by atoms with van der Waals surface area (Å²) in [6.07, 6.45) is 0. The van der Waals surface area contributed by atoms with Crippen LogP contribution in [0.15, 0.2) is 18.2 Å². The zero-order chi connectivity index (χ0) is 10.7. The molecule has 14 heavy (non-hydrogen) atoms. The Hall–Kier alpha value is -1.96. The third kappa shape index (κ3) is 1.69. The molecule has 0 radical (unpaired) electrons. The van der Waals surface area contributed by atoms with E-state index in [2.05, 4.69) is 0 Å². The van der Waals surface area contributed by atoms with E-state index in [1.54, 1.807) is 6.07 Å². The first-order valence-corrected chi connectivity index (χ1v) is 3.90. The molecule has 0 saturated carbocycles. The Morgan fingerprint density at radius 2 is 2.29 bits per heavy atom. The maximum absolute atomic E-state index is 13.2. The van der Waals surface area contributed by atoms with E-state index in [-0.39, 0.29) is 11.3 Å². The molecule has 0 fully saturated rings. The summed E-state index contributed by atoms with van der Waals surface area (Å²) in [5.74, 6) is -1.54. The summed E-state index contributed by atoms with van der Waals surface area (Å²) >= 11 is 0. The predicted octanol–water partition coefficient (Wildman–Crippen LogP) is 2.36. The Kier molecular flexibility index (Phi) is 2.77.